The zero-order valence-corrected chi connectivity index (χ0v) is 13.7. The van der Waals surface area contributed by atoms with Gasteiger partial charge >= 0.3 is 0 Å². The highest BCUT2D eigenvalue weighted by atomic mass is 16.2. The van der Waals surface area contributed by atoms with Gasteiger partial charge in [0, 0.05) is 19.2 Å². The van der Waals surface area contributed by atoms with Crippen LogP contribution in [0.25, 0.3) is 0 Å². The third-order valence-corrected chi connectivity index (χ3v) is 4.11. The maximum absolute atomic E-state index is 12.7. The van der Waals surface area contributed by atoms with Crippen molar-refractivity contribution in [2.75, 3.05) is 17.4 Å². The fourth-order valence-electron chi connectivity index (χ4n) is 2.72. The minimum absolute atomic E-state index is 0.0271. The van der Waals surface area contributed by atoms with Gasteiger partial charge in [0.05, 0.1) is 16.8 Å². The van der Waals surface area contributed by atoms with Crippen LogP contribution in [0.3, 0.4) is 0 Å². The fraction of sp³-hybridized carbons (Fsp3) is 0.263. The highest BCUT2D eigenvalue weighted by molar-refractivity contribution is 6.11. The molecule has 0 aromatic heterocycles. The maximum Gasteiger partial charge on any atom is 0.253 e. The molecule has 2 aromatic rings. The molecule has 1 aliphatic rings. The predicted molar refractivity (Wildman–Crippen MR) is 94.9 cm³/mol. The van der Waals surface area contributed by atoms with Crippen molar-refractivity contribution in [1.82, 2.24) is 0 Å². The van der Waals surface area contributed by atoms with Crippen LogP contribution in [0.1, 0.15) is 25.8 Å². The lowest BCUT2D eigenvalue weighted by Crippen LogP contribution is -2.44. The number of anilines is 2. The Hall–Kier alpha value is -2.62. The SMILES string of the molecule is CNc1ccc(C2=NN(c3ccccc3)C(=O)C(C)(C)C2)cc1. The van der Waals surface area contributed by atoms with E-state index >= 15 is 0 Å². The molecule has 0 aliphatic carbocycles. The number of carbonyl (C=O) groups is 1. The standard InChI is InChI=1S/C19H21N3O/c1-19(2)13-17(14-9-11-15(20-3)12-10-14)21-22(18(19)23)16-7-5-4-6-8-16/h4-12,20H,13H2,1-3H3. The third-order valence-electron chi connectivity index (χ3n) is 4.11. The van der Waals surface area contributed by atoms with Gasteiger partial charge in [0.25, 0.3) is 5.91 Å². The van der Waals surface area contributed by atoms with E-state index in [0.717, 1.165) is 22.6 Å². The van der Waals surface area contributed by atoms with E-state index in [9.17, 15) is 4.79 Å². The number of nitrogens with zero attached hydrogens (tertiary/aromatic N) is 2. The van der Waals surface area contributed by atoms with Crippen molar-refractivity contribution in [3.05, 3.63) is 60.2 Å². The Balaban J connectivity index is 2.03. The number of hydrogen-bond acceptors (Lipinski definition) is 3. The molecule has 118 valence electrons. The van der Waals surface area contributed by atoms with E-state index in [1.165, 1.54) is 5.01 Å². The normalized spacial score (nSPS) is 16.9. The van der Waals surface area contributed by atoms with Crippen LogP contribution in [0, 0.1) is 5.41 Å². The van der Waals surface area contributed by atoms with Crippen LogP contribution in [-0.4, -0.2) is 18.7 Å². The van der Waals surface area contributed by atoms with Crippen LogP contribution in [0.4, 0.5) is 11.4 Å². The average molecular weight is 307 g/mol. The lowest BCUT2D eigenvalue weighted by molar-refractivity contribution is -0.126. The monoisotopic (exact) mass is 307 g/mol. The molecule has 0 unspecified atom stereocenters. The fourth-order valence-corrected chi connectivity index (χ4v) is 2.72. The average Bonchev–Trinajstić information content (AvgIpc) is 2.58. The highest BCUT2D eigenvalue weighted by Crippen LogP contribution is 2.33. The van der Waals surface area contributed by atoms with E-state index in [4.69, 9.17) is 0 Å². The number of benzene rings is 2. The van der Waals surface area contributed by atoms with Crippen molar-refractivity contribution in [2.24, 2.45) is 10.5 Å². The van der Waals surface area contributed by atoms with Gasteiger partial charge in [-0.3, -0.25) is 4.79 Å². The minimum atomic E-state index is -0.478. The van der Waals surface area contributed by atoms with Crippen molar-refractivity contribution in [2.45, 2.75) is 20.3 Å². The van der Waals surface area contributed by atoms with Gasteiger partial charge in [0.15, 0.2) is 0 Å². The lowest BCUT2D eigenvalue weighted by Gasteiger charge is -2.34. The van der Waals surface area contributed by atoms with Gasteiger partial charge in [0.2, 0.25) is 0 Å². The van der Waals surface area contributed by atoms with Crippen molar-refractivity contribution < 1.29 is 4.79 Å². The van der Waals surface area contributed by atoms with Gasteiger partial charge in [-0.1, -0.05) is 44.2 Å². The van der Waals surface area contributed by atoms with Gasteiger partial charge < -0.3 is 5.32 Å². The van der Waals surface area contributed by atoms with E-state index in [1.807, 2.05) is 75.5 Å². The van der Waals surface area contributed by atoms with E-state index in [2.05, 4.69) is 10.4 Å². The van der Waals surface area contributed by atoms with Crippen molar-refractivity contribution in [3.8, 4) is 0 Å². The first-order valence-electron chi connectivity index (χ1n) is 7.76. The zero-order valence-electron chi connectivity index (χ0n) is 13.7. The molecule has 0 radical (unpaired) electrons. The summed E-state index contributed by atoms with van der Waals surface area (Å²) < 4.78 is 0. The molecule has 4 heteroatoms. The quantitative estimate of drug-likeness (QED) is 0.935. The number of carbonyl (C=O) groups excluding carboxylic acids is 1. The Morgan fingerprint density at radius 2 is 1.70 bits per heavy atom. The third kappa shape index (κ3) is 2.97. The highest BCUT2D eigenvalue weighted by Gasteiger charge is 2.38. The van der Waals surface area contributed by atoms with E-state index in [-0.39, 0.29) is 5.91 Å². The number of amides is 1. The summed E-state index contributed by atoms with van der Waals surface area (Å²) in [6.07, 6.45) is 0.633. The van der Waals surface area contributed by atoms with Crippen molar-refractivity contribution >= 4 is 23.0 Å². The minimum Gasteiger partial charge on any atom is -0.388 e. The molecular weight excluding hydrogens is 286 g/mol. The van der Waals surface area contributed by atoms with E-state index in [1.54, 1.807) is 0 Å². The number of hydrazone groups is 1. The van der Waals surface area contributed by atoms with Crippen molar-refractivity contribution in [3.63, 3.8) is 0 Å². The summed E-state index contributed by atoms with van der Waals surface area (Å²) in [5, 5.41) is 9.28. The van der Waals surface area contributed by atoms with Crippen LogP contribution >= 0.6 is 0 Å². The van der Waals surface area contributed by atoms with Gasteiger partial charge in [-0.25, -0.2) is 5.01 Å². The zero-order chi connectivity index (χ0) is 16.4. The molecule has 0 bridgehead atoms. The number of rotatable bonds is 3. The Morgan fingerprint density at radius 1 is 1.04 bits per heavy atom. The molecule has 23 heavy (non-hydrogen) atoms. The second-order valence-corrected chi connectivity index (χ2v) is 6.39. The van der Waals surface area contributed by atoms with Gasteiger partial charge in [0.1, 0.15) is 0 Å². The molecule has 1 heterocycles. The first-order valence-corrected chi connectivity index (χ1v) is 7.76. The number of hydrogen-bond donors (Lipinski definition) is 1. The number of para-hydroxylation sites is 1. The Labute approximate surface area is 136 Å². The lowest BCUT2D eigenvalue weighted by atomic mass is 9.82. The Morgan fingerprint density at radius 3 is 2.30 bits per heavy atom. The van der Waals surface area contributed by atoms with Crippen LogP contribution < -0.4 is 10.3 Å². The molecule has 2 aromatic carbocycles. The molecule has 3 rings (SSSR count). The molecule has 4 nitrogen and oxygen atoms in total. The summed E-state index contributed by atoms with van der Waals surface area (Å²) in [7, 11) is 1.89. The van der Waals surface area contributed by atoms with Crippen LogP contribution in [0.5, 0.6) is 0 Å². The number of nitrogens with one attached hydrogen (secondary N) is 1. The van der Waals surface area contributed by atoms with Gasteiger partial charge in [-0.05, 0) is 29.8 Å². The Bertz CT molecular complexity index is 733. The van der Waals surface area contributed by atoms with Crippen LogP contribution in [-0.2, 0) is 4.79 Å². The molecule has 1 aliphatic heterocycles. The molecule has 0 spiro atoms. The molecule has 0 saturated heterocycles. The predicted octanol–water partition coefficient (Wildman–Crippen LogP) is 3.90. The summed E-state index contributed by atoms with van der Waals surface area (Å²) in [6.45, 7) is 3.95. The first kappa shape index (κ1) is 15.3. The first-order chi connectivity index (χ1) is 11.0. The van der Waals surface area contributed by atoms with Crippen LogP contribution in [0.15, 0.2) is 59.7 Å². The van der Waals surface area contributed by atoms with E-state index < -0.39 is 5.41 Å². The summed E-state index contributed by atoms with van der Waals surface area (Å²) in [6, 6.07) is 17.7. The smallest absolute Gasteiger partial charge is 0.253 e. The maximum atomic E-state index is 12.7. The van der Waals surface area contributed by atoms with Gasteiger partial charge in [-0.2, -0.15) is 5.10 Å². The largest absolute Gasteiger partial charge is 0.388 e. The molecular formula is C19H21N3O. The second kappa shape index (κ2) is 5.88. The van der Waals surface area contributed by atoms with Gasteiger partial charge in [-0.15, -0.1) is 0 Å². The summed E-state index contributed by atoms with van der Waals surface area (Å²) in [5.41, 5.74) is 3.36. The summed E-state index contributed by atoms with van der Waals surface area (Å²) in [4.78, 5) is 12.7. The molecule has 1 N–H and O–H groups in total. The molecule has 0 saturated carbocycles. The Kier molecular flexibility index (Phi) is 3.90. The summed E-state index contributed by atoms with van der Waals surface area (Å²) >= 11 is 0. The second-order valence-electron chi connectivity index (χ2n) is 6.39. The topological polar surface area (TPSA) is 44.7 Å². The van der Waals surface area contributed by atoms with Crippen LogP contribution in [0.2, 0.25) is 0 Å². The molecule has 0 atom stereocenters. The molecule has 0 fully saturated rings. The summed E-state index contributed by atoms with van der Waals surface area (Å²) in [5.74, 6) is 0.0271. The molecule has 1 amide bonds. The van der Waals surface area contributed by atoms with Crippen molar-refractivity contribution in [1.29, 1.82) is 0 Å². The van der Waals surface area contributed by atoms with E-state index in [0.29, 0.717) is 6.42 Å².